The number of rotatable bonds is 5. The van der Waals surface area contributed by atoms with Gasteiger partial charge in [-0.2, -0.15) is 4.90 Å². The summed E-state index contributed by atoms with van der Waals surface area (Å²) in [5.41, 5.74) is 1.73. The topological polar surface area (TPSA) is 63.9 Å². The van der Waals surface area contributed by atoms with Gasteiger partial charge in [-0.3, -0.25) is 0 Å². The summed E-state index contributed by atoms with van der Waals surface area (Å²) in [6.45, 7) is 2.08. The molecule has 2 rings (SSSR count). The van der Waals surface area contributed by atoms with Crippen LogP contribution in [0.3, 0.4) is 0 Å². The molecule has 0 aliphatic rings. The van der Waals surface area contributed by atoms with Gasteiger partial charge < -0.3 is 0 Å². The van der Waals surface area contributed by atoms with Crippen LogP contribution < -0.4 is 9.88 Å². The van der Waals surface area contributed by atoms with E-state index < -0.39 is 0 Å². The number of aromatic amines is 1. The van der Waals surface area contributed by atoms with Crippen LogP contribution in [0.25, 0.3) is 0 Å². The Morgan fingerprint density at radius 2 is 2.15 bits per heavy atom. The Bertz CT molecular complexity index is 624. The number of nitrogens with zero attached hydrogens (tertiary/aromatic N) is 2. The summed E-state index contributed by atoms with van der Waals surface area (Å²) in [7, 11) is 1.68. The molecule has 0 radical (unpaired) electrons. The second kappa shape index (κ2) is 6.38. The van der Waals surface area contributed by atoms with Gasteiger partial charge in [0, 0.05) is 0 Å². The fourth-order valence-corrected chi connectivity index (χ4v) is 2.67. The lowest BCUT2D eigenvalue weighted by Crippen LogP contribution is -2.30. The van der Waals surface area contributed by atoms with E-state index in [-0.39, 0.29) is 5.91 Å². The van der Waals surface area contributed by atoms with Crippen LogP contribution in [-0.4, -0.2) is 13.0 Å². The number of carbonyl (C=O) groups excluding carboxylic acids is 1. The Morgan fingerprint density at radius 3 is 2.80 bits per heavy atom. The minimum Gasteiger partial charge on any atom is -0.241 e. The fourth-order valence-electron chi connectivity index (χ4n) is 1.98. The first-order valence-corrected chi connectivity index (χ1v) is 7.19. The summed E-state index contributed by atoms with van der Waals surface area (Å²) in [5, 5.41) is 3.77. The third-order valence-electron chi connectivity index (χ3n) is 2.99. The zero-order valence-electron chi connectivity index (χ0n) is 11.4. The van der Waals surface area contributed by atoms with Gasteiger partial charge in [-0.15, -0.1) is 4.91 Å². The standard InChI is InChI=1S/C14H15N3O2S/c1-3-6-10-7-4-5-8-11(10)13(18)17(2)14-15-9-12(16-19)20-14/h4-5,7-9H,3,6H2,1-2H3/p+1. The van der Waals surface area contributed by atoms with Crippen molar-refractivity contribution in [1.82, 2.24) is 0 Å². The van der Waals surface area contributed by atoms with Gasteiger partial charge in [0.1, 0.15) is 6.20 Å². The number of nitrogens with one attached hydrogen (secondary N) is 1. The van der Waals surface area contributed by atoms with Crippen molar-refractivity contribution in [2.24, 2.45) is 5.18 Å². The first kappa shape index (κ1) is 14.3. The van der Waals surface area contributed by atoms with Gasteiger partial charge in [0.05, 0.1) is 12.6 Å². The number of aromatic nitrogens is 1. The number of H-pyrrole nitrogens is 1. The van der Waals surface area contributed by atoms with E-state index in [9.17, 15) is 9.70 Å². The van der Waals surface area contributed by atoms with Gasteiger partial charge in [0.15, 0.2) is 0 Å². The average molecular weight is 290 g/mol. The van der Waals surface area contributed by atoms with Crippen molar-refractivity contribution < 1.29 is 9.78 Å². The van der Waals surface area contributed by atoms with E-state index in [4.69, 9.17) is 0 Å². The van der Waals surface area contributed by atoms with Crippen LogP contribution in [0, 0.1) is 4.91 Å². The van der Waals surface area contributed by atoms with Gasteiger partial charge in [-0.05, 0) is 34.6 Å². The lowest BCUT2D eigenvalue weighted by Gasteiger charge is -2.10. The van der Waals surface area contributed by atoms with Crippen molar-refractivity contribution in [3.63, 3.8) is 0 Å². The minimum absolute atomic E-state index is 0.0930. The third-order valence-corrected chi connectivity index (χ3v) is 3.97. The molecule has 0 fully saturated rings. The molecule has 1 aromatic carbocycles. The van der Waals surface area contributed by atoms with E-state index in [0.29, 0.717) is 15.7 Å². The van der Waals surface area contributed by atoms with E-state index >= 15 is 0 Å². The normalized spacial score (nSPS) is 10.3. The first-order valence-electron chi connectivity index (χ1n) is 6.38. The molecule has 5 nitrogen and oxygen atoms in total. The van der Waals surface area contributed by atoms with Crippen LogP contribution in [0.15, 0.2) is 35.6 Å². The molecule has 0 atom stereocenters. The highest BCUT2D eigenvalue weighted by Gasteiger charge is 2.25. The molecule has 20 heavy (non-hydrogen) atoms. The average Bonchev–Trinajstić information content (AvgIpc) is 2.95. The minimum atomic E-state index is -0.0930. The molecular formula is C14H16N3O2S+. The molecule has 104 valence electrons. The SMILES string of the molecule is CCCc1ccccc1C(=O)N(C)c1[nH+]cc(N=O)s1. The number of hydrogen-bond acceptors (Lipinski definition) is 4. The highest BCUT2D eigenvalue weighted by Crippen LogP contribution is 2.26. The van der Waals surface area contributed by atoms with Crippen LogP contribution in [0.2, 0.25) is 0 Å². The van der Waals surface area contributed by atoms with Crippen LogP contribution in [0.5, 0.6) is 0 Å². The monoisotopic (exact) mass is 290 g/mol. The van der Waals surface area contributed by atoms with Gasteiger partial charge in [-0.25, -0.2) is 9.78 Å². The van der Waals surface area contributed by atoms with Crippen LogP contribution >= 0.6 is 11.3 Å². The molecule has 0 spiro atoms. The Kier molecular flexibility index (Phi) is 4.57. The molecular weight excluding hydrogens is 274 g/mol. The molecule has 1 aromatic heterocycles. The molecule has 0 saturated heterocycles. The Morgan fingerprint density at radius 1 is 1.40 bits per heavy atom. The molecule has 1 N–H and O–H groups in total. The molecule has 0 unspecified atom stereocenters. The van der Waals surface area contributed by atoms with E-state index in [1.165, 1.54) is 11.1 Å². The number of hydrogen-bond donors (Lipinski definition) is 0. The maximum atomic E-state index is 12.5. The summed E-state index contributed by atoms with van der Waals surface area (Å²) in [4.78, 5) is 27.4. The van der Waals surface area contributed by atoms with Crippen LogP contribution in [0.4, 0.5) is 10.1 Å². The predicted molar refractivity (Wildman–Crippen MR) is 79.5 cm³/mol. The van der Waals surface area contributed by atoms with E-state index in [0.717, 1.165) is 29.7 Å². The number of anilines is 1. The molecule has 0 bridgehead atoms. The van der Waals surface area contributed by atoms with Gasteiger partial charge >= 0.3 is 11.0 Å². The third kappa shape index (κ3) is 2.91. The first-order chi connectivity index (χ1) is 9.67. The second-order valence-corrected chi connectivity index (χ2v) is 5.41. The zero-order valence-corrected chi connectivity index (χ0v) is 12.2. The molecule has 6 heteroatoms. The van der Waals surface area contributed by atoms with E-state index in [1.54, 1.807) is 7.05 Å². The Hall–Kier alpha value is -2.08. The molecule has 0 aliphatic heterocycles. The zero-order chi connectivity index (χ0) is 14.5. The predicted octanol–water partition coefficient (Wildman–Crippen LogP) is 3.19. The summed E-state index contributed by atoms with van der Waals surface area (Å²) in [5.74, 6) is -0.0930. The second-order valence-electron chi connectivity index (χ2n) is 4.40. The number of amides is 1. The summed E-state index contributed by atoms with van der Waals surface area (Å²) >= 11 is 1.15. The lowest BCUT2D eigenvalue weighted by atomic mass is 10.0. The van der Waals surface area contributed by atoms with E-state index in [2.05, 4.69) is 17.1 Å². The largest absolute Gasteiger partial charge is 0.343 e. The highest BCUT2D eigenvalue weighted by atomic mass is 32.1. The Labute approximate surface area is 121 Å². The van der Waals surface area contributed by atoms with Crippen molar-refractivity contribution in [3.8, 4) is 0 Å². The maximum Gasteiger partial charge on any atom is 0.343 e. The van der Waals surface area contributed by atoms with Crippen molar-refractivity contribution in [2.75, 3.05) is 11.9 Å². The van der Waals surface area contributed by atoms with Gasteiger partial charge in [0.25, 0.3) is 0 Å². The van der Waals surface area contributed by atoms with Gasteiger partial charge in [0.2, 0.25) is 5.00 Å². The van der Waals surface area contributed by atoms with E-state index in [1.807, 2.05) is 24.3 Å². The summed E-state index contributed by atoms with van der Waals surface area (Å²) < 4.78 is 0. The quantitative estimate of drug-likeness (QED) is 0.794. The molecule has 1 heterocycles. The fraction of sp³-hybridized carbons (Fsp3) is 0.286. The van der Waals surface area contributed by atoms with Gasteiger partial charge in [-0.1, -0.05) is 31.5 Å². The van der Waals surface area contributed by atoms with Crippen LogP contribution in [-0.2, 0) is 6.42 Å². The maximum absolute atomic E-state index is 12.5. The summed E-state index contributed by atoms with van der Waals surface area (Å²) in [6, 6.07) is 7.60. The van der Waals surface area contributed by atoms with Crippen molar-refractivity contribution in [1.29, 1.82) is 0 Å². The lowest BCUT2D eigenvalue weighted by molar-refractivity contribution is -0.355. The number of nitroso groups, excluding NO2 is 1. The highest BCUT2D eigenvalue weighted by molar-refractivity contribution is 7.18. The number of aryl methyl sites for hydroxylation is 1. The van der Waals surface area contributed by atoms with Crippen LogP contribution in [0.1, 0.15) is 29.3 Å². The van der Waals surface area contributed by atoms with Crippen molar-refractivity contribution >= 4 is 27.4 Å². The molecule has 0 saturated carbocycles. The smallest absolute Gasteiger partial charge is 0.241 e. The molecule has 2 aromatic rings. The summed E-state index contributed by atoms with van der Waals surface area (Å²) in [6.07, 6.45) is 3.35. The number of thiazole rings is 1. The molecule has 0 aliphatic carbocycles. The molecule has 1 amide bonds. The Balaban J connectivity index is 2.28. The number of benzene rings is 1. The van der Waals surface area contributed by atoms with Crippen molar-refractivity contribution in [3.05, 3.63) is 46.5 Å². The van der Waals surface area contributed by atoms with Crippen molar-refractivity contribution in [2.45, 2.75) is 19.8 Å². The number of carbonyl (C=O) groups is 1.